The van der Waals surface area contributed by atoms with Crippen LogP contribution in [0.15, 0.2) is 36.6 Å². The predicted octanol–water partition coefficient (Wildman–Crippen LogP) is 3.70. The first-order valence-electron chi connectivity index (χ1n) is 4.54. The third-order valence-electron chi connectivity index (χ3n) is 2.49. The summed E-state index contributed by atoms with van der Waals surface area (Å²) < 4.78 is 4.92. The average molecular weight is 180 g/mol. The molecule has 0 aromatic heterocycles. The molecule has 0 aromatic rings. The number of methoxy groups -OCH3 is 1. The topological polar surface area (TPSA) is 9.23 Å². The molecule has 74 valence electrons. The summed E-state index contributed by atoms with van der Waals surface area (Å²) >= 11 is 0. The average Bonchev–Trinajstić information content (AvgIpc) is 2.13. The van der Waals surface area contributed by atoms with Crippen molar-refractivity contribution >= 4 is 0 Å². The molecule has 0 saturated carbocycles. The summed E-state index contributed by atoms with van der Waals surface area (Å²) in [4.78, 5) is 0. The maximum absolute atomic E-state index is 4.92. The molecule has 0 saturated heterocycles. The first kappa shape index (κ1) is 12.0. The number of rotatable bonds is 5. The molecule has 0 heterocycles. The Morgan fingerprint density at radius 1 is 1.31 bits per heavy atom. The Kier molecular flexibility index (Phi) is 4.53. The smallest absolute Gasteiger partial charge is 0.111 e. The van der Waals surface area contributed by atoms with Crippen molar-refractivity contribution < 1.29 is 4.74 Å². The largest absolute Gasteiger partial charge is 0.497 e. The quantitative estimate of drug-likeness (QED) is 0.463. The minimum Gasteiger partial charge on any atom is -0.497 e. The zero-order chi connectivity index (χ0) is 10.5. The molecule has 0 aromatic carbocycles. The van der Waals surface area contributed by atoms with Gasteiger partial charge in [0, 0.05) is 0 Å². The second-order valence-corrected chi connectivity index (χ2v) is 3.77. The molecule has 0 atom stereocenters. The number of allylic oxidation sites excluding steroid dienone is 3. The molecule has 0 rings (SSSR count). The van der Waals surface area contributed by atoms with E-state index < -0.39 is 0 Å². The molecule has 0 bridgehead atoms. The van der Waals surface area contributed by atoms with Crippen molar-refractivity contribution in [3.8, 4) is 0 Å². The van der Waals surface area contributed by atoms with Gasteiger partial charge in [-0.15, -0.1) is 0 Å². The van der Waals surface area contributed by atoms with Crippen LogP contribution in [0.2, 0.25) is 0 Å². The van der Waals surface area contributed by atoms with Gasteiger partial charge in [0.05, 0.1) is 7.11 Å². The van der Waals surface area contributed by atoms with Crippen LogP contribution in [0.4, 0.5) is 0 Å². The zero-order valence-electron chi connectivity index (χ0n) is 9.18. The molecular weight excluding hydrogens is 160 g/mol. The van der Waals surface area contributed by atoms with Gasteiger partial charge in [-0.1, -0.05) is 40.0 Å². The Bertz CT molecular complexity index is 221. The van der Waals surface area contributed by atoms with Gasteiger partial charge in [-0.2, -0.15) is 0 Å². The highest BCUT2D eigenvalue weighted by molar-refractivity contribution is 5.26. The van der Waals surface area contributed by atoms with Gasteiger partial charge in [0.1, 0.15) is 5.76 Å². The molecule has 0 N–H and O–H groups in total. The summed E-state index contributed by atoms with van der Waals surface area (Å²) in [6.07, 6.45) is 4.89. The Hall–Kier alpha value is -0.980. The normalized spacial score (nSPS) is 11.7. The summed E-state index contributed by atoms with van der Waals surface area (Å²) in [6.45, 7) is 14.2. The van der Waals surface area contributed by atoms with E-state index in [1.807, 2.05) is 12.2 Å². The van der Waals surface area contributed by atoms with E-state index in [0.29, 0.717) is 5.76 Å². The first-order chi connectivity index (χ1) is 5.94. The highest BCUT2D eigenvalue weighted by Gasteiger charge is 2.16. The van der Waals surface area contributed by atoms with Crippen molar-refractivity contribution in [1.82, 2.24) is 0 Å². The zero-order valence-corrected chi connectivity index (χ0v) is 9.18. The van der Waals surface area contributed by atoms with E-state index in [1.54, 1.807) is 7.11 Å². The number of ether oxygens (including phenoxy) is 1. The van der Waals surface area contributed by atoms with Gasteiger partial charge in [0.2, 0.25) is 0 Å². The van der Waals surface area contributed by atoms with Crippen LogP contribution >= 0.6 is 0 Å². The molecule has 0 unspecified atom stereocenters. The fraction of sp³-hybridized carbons (Fsp3) is 0.500. The van der Waals surface area contributed by atoms with E-state index in [0.717, 1.165) is 12.0 Å². The molecule has 0 aliphatic heterocycles. The minimum atomic E-state index is 0.157. The van der Waals surface area contributed by atoms with Gasteiger partial charge in [0.15, 0.2) is 0 Å². The van der Waals surface area contributed by atoms with Crippen LogP contribution in [0.5, 0.6) is 0 Å². The molecule has 1 heteroatoms. The second-order valence-electron chi connectivity index (χ2n) is 3.77. The molecule has 0 aliphatic rings. The van der Waals surface area contributed by atoms with Crippen molar-refractivity contribution in [2.75, 3.05) is 7.11 Å². The lowest BCUT2D eigenvalue weighted by Gasteiger charge is -2.23. The van der Waals surface area contributed by atoms with Crippen molar-refractivity contribution in [3.63, 3.8) is 0 Å². The van der Waals surface area contributed by atoms with E-state index in [2.05, 4.69) is 33.9 Å². The van der Waals surface area contributed by atoms with Crippen molar-refractivity contribution in [2.45, 2.75) is 27.2 Å². The summed E-state index contributed by atoms with van der Waals surface area (Å²) in [5.41, 5.74) is 1.26. The summed E-state index contributed by atoms with van der Waals surface area (Å²) in [6, 6.07) is 0. The maximum atomic E-state index is 4.92. The van der Waals surface area contributed by atoms with Gasteiger partial charge < -0.3 is 4.74 Å². The predicted molar refractivity (Wildman–Crippen MR) is 58.5 cm³/mol. The minimum absolute atomic E-state index is 0.157. The summed E-state index contributed by atoms with van der Waals surface area (Å²) in [5.74, 6) is 0.660. The molecule has 0 spiro atoms. The van der Waals surface area contributed by atoms with Crippen LogP contribution in [0.25, 0.3) is 0 Å². The third kappa shape index (κ3) is 3.97. The molecule has 0 aliphatic carbocycles. The fourth-order valence-corrected chi connectivity index (χ4v) is 0.714. The van der Waals surface area contributed by atoms with E-state index in [1.165, 1.54) is 0 Å². The summed E-state index contributed by atoms with van der Waals surface area (Å²) in [7, 11) is 1.61. The lowest BCUT2D eigenvalue weighted by molar-refractivity contribution is 0.308. The van der Waals surface area contributed by atoms with Crippen LogP contribution in [0, 0.1) is 5.41 Å². The lowest BCUT2D eigenvalue weighted by Crippen LogP contribution is -2.10. The molecule has 13 heavy (non-hydrogen) atoms. The molecule has 0 amide bonds. The Balaban J connectivity index is 4.31. The second kappa shape index (κ2) is 4.90. The standard InChI is InChI=1S/C12H20O/c1-7-12(4,5)10(2)8-9-11(3)13-6/h8-9H,2-3,7H2,1,4-6H3/b9-8-. The van der Waals surface area contributed by atoms with Gasteiger partial charge in [-0.05, 0) is 23.5 Å². The van der Waals surface area contributed by atoms with Crippen LogP contribution in [0.3, 0.4) is 0 Å². The first-order valence-corrected chi connectivity index (χ1v) is 4.54. The van der Waals surface area contributed by atoms with Gasteiger partial charge in [-0.25, -0.2) is 0 Å². The Labute approximate surface area is 81.8 Å². The van der Waals surface area contributed by atoms with E-state index in [-0.39, 0.29) is 5.41 Å². The summed E-state index contributed by atoms with van der Waals surface area (Å²) in [5, 5.41) is 0. The Morgan fingerprint density at radius 2 is 1.85 bits per heavy atom. The molecular formula is C12H20O. The maximum Gasteiger partial charge on any atom is 0.111 e. The Morgan fingerprint density at radius 3 is 2.23 bits per heavy atom. The van der Waals surface area contributed by atoms with E-state index in [4.69, 9.17) is 4.74 Å². The van der Waals surface area contributed by atoms with Gasteiger partial charge >= 0.3 is 0 Å². The van der Waals surface area contributed by atoms with Crippen molar-refractivity contribution in [3.05, 3.63) is 36.6 Å². The molecule has 0 fully saturated rings. The lowest BCUT2D eigenvalue weighted by atomic mass is 9.82. The highest BCUT2D eigenvalue weighted by Crippen LogP contribution is 2.29. The van der Waals surface area contributed by atoms with Crippen molar-refractivity contribution in [2.24, 2.45) is 5.41 Å². The van der Waals surface area contributed by atoms with Crippen molar-refractivity contribution in [1.29, 1.82) is 0 Å². The monoisotopic (exact) mass is 180 g/mol. The van der Waals surface area contributed by atoms with Gasteiger partial charge in [0.25, 0.3) is 0 Å². The molecule has 1 nitrogen and oxygen atoms in total. The molecule has 0 radical (unpaired) electrons. The fourth-order valence-electron chi connectivity index (χ4n) is 0.714. The van der Waals surface area contributed by atoms with Gasteiger partial charge in [-0.3, -0.25) is 0 Å². The number of hydrogen-bond acceptors (Lipinski definition) is 1. The van der Waals surface area contributed by atoms with Crippen LogP contribution < -0.4 is 0 Å². The highest BCUT2D eigenvalue weighted by atomic mass is 16.5. The third-order valence-corrected chi connectivity index (χ3v) is 2.49. The van der Waals surface area contributed by atoms with E-state index in [9.17, 15) is 0 Å². The van der Waals surface area contributed by atoms with E-state index >= 15 is 0 Å². The van der Waals surface area contributed by atoms with Crippen LogP contribution in [-0.2, 0) is 4.74 Å². The van der Waals surface area contributed by atoms with Crippen LogP contribution in [0.1, 0.15) is 27.2 Å². The SMILES string of the molecule is C=C(/C=C\C(=C)C(C)(C)CC)OC. The van der Waals surface area contributed by atoms with Crippen LogP contribution in [-0.4, -0.2) is 7.11 Å². The number of hydrogen-bond donors (Lipinski definition) is 0.